The van der Waals surface area contributed by atoms with Gasteiger partial charge in [-0.15, -0.1) is 0 Å². The number of rotatable bonds is 5. The summed E-state index contributed by atoms with van der Waals surface area (Å²) in [4.78, 5) is 16.0. The molecule has 2 aliphatic carbocycles. The summed E-state index contributed by atoms with van der Waals surface area (Å²) >= 11 is 0. The van der Waals surface area contributed by atoms with Crippen molar-refractivity contribution in [2.24, 2.45) is 0 Å². The number of hydrogen-bond donors (Lipinski definition) is 0. The quantitative estimate of drug-likeness (QED) is 0.178. The van der Waals surface area contributed by atoms with Gasteiger partial charge in [-0.3, -0.25) is 0 Å². The second-order valence-corrected chi connectivity index (χ2v) is 15.9. The van der Waals surface area contributed by atoms with Crippen LogP contribution in [0.1, 0.15) is 67.5 Å². The van der Waals surface area contributed by atoms with Crippen LogP contribution in [0.25, 0.3) is 56.1 Å². The van der Waals surface area contributed by atoms with Crippen LogP contribution in [0.3, 0.4) is 0 Å². The van der Waals surface area contributed by atoms with Crippen molar-refractivity contribution < 1.29 is 0 Å². The molecule has 10 rings (SSSR count). The number of hydrogen-bond acceptors (Lipinski definition) is 3. The molecule has 0 radical (unpaired) electrons. The number of nitrogens with zero attached hydrogens (tertiary/aromatic N) is 3. The molecule has 0 spiro atoms. The predicted octanol–water partition coefficient (Wildman–Crippen LogP) is 11.2. The minimum atomic E-state index is 0.136. The van der Waals surface area contributed by atoms with E-state index in [9.17, 15) is 0 Å². The van der Waals surface area contributed by atoms with Crippen LogP contribution in [0.4, 0.5) is 0 Å². The molecule has 0 bridgehead atoms. The summed E-state index contributed by atoms with van der Waals surface area (Å²) in [6.45, 7) is 13.0. The average Bonchev–Trinajstić information content (AvgIpc) is 3.51. The summed E-state index contributed by atoms with van der Waals surface area (Å²) in [6, 6.07) is 51.5. The Balaban J connectivity index is 1.27. The van der Waals surface area contributed by atoms with E-state index >= 15 is 0 Å². The summed E-state index contributed by atoms with van der Waals surface area (Å²) in [6.07, 6.45) is 0. The van der Waals surface area contributed by atoms with E-state index < -0.39 is 0 Å². The van der Waals surface area contributed by atoms with Gasteiger partial charge in [0.05, 0.1) is 0 Å². The van der Waals surface area contributed by atoms with E-state index in [0.29, 0.717) is 17.5 Å². The molecule has 0 amide bonds. The van der Waals surface area contributed by atoms with Crippen LogP contribution in [0.15, 0.2) is 140 Å². The fraction of sp³-hybridized carbons (Fsp3) is 0.151. The van der Waals surface area contributed by atoms with Gasteiger partial charge in [-0.25, -0.2) is 15.0 Å². The van der Waals surface area contributed by atoms with Crippen molar-refractivity contribution in [1.29, 1.82) is 0 Å². The first-order valence-corrected chi connectivity index (χ1v) is 19.7. The van der Waals surface area contributed by atoms with Gasteiger partial charge in [0.25, 0.3) is 0 Å². The summed E-state index contributed by atoms with van der Waals surface area (Å²) in [5.41, 5.74) is 18.3. The fourth-order valence-electron chi connectivity index (χ4n) is 10.2. The smallest absolute Gasteiger partial charge is 0.164 e. The minimum Gasteiger partial charge on any atom is -0.208 e. The highest BCUT2D eigenvalue weighted by atomic mass is 15.0. The fourth-order valence-corrected chi connectivity index (χ4v) is 10.2. The lowest BCUT2D eigenvalue weighted by molar-refractivity contribution is 0.791. The Morgan fingerprint density at radius 2 is 0.821 bits per heavy atom. The molecule has 270 valence electrons. The summed E-state index contributed by atoms with van der Waals surface area (Å²) in [7, 11) is 0. The van der Waals surface area contributed by atoms with Gasteiger partial charge in [-0.05, 0) is 118 Å². The van der Waals surface area contributed by atoms with Gasteiger partial charge >= 0.3 is 0 Å². The van der Waals surface area contributed by atoms with Gasteiger partial charge in [-0.1, -0.05) is 151 Å². The van der Waals surface area contributed by atoms with Crippen LogP contribution < -0.4 is 10.4 Å². The van der Waals surface area contributed by atoms with E-state index in [1.54, 1.807) is 0 Å². The van der Waals surface area contributed by atoms with Crippen LogP contribution in [0.2, 0.25) is 0 Å². The molecule has 8 aromatic rings. The van der Waals surface area contributed by atoms with Crippen molar-refractivity contribution >= 4 is 21.9 Å². The third kappa shape index (κ3) is 5.29. The lowest BCUT2D eigenvalue weighted by atomic mass is 9.70. The maximum Gasteiger partial charge on any atom is 0.164 e. The van der Waals surface area contributed by atoms with E-state index in [4.69, 9.17) is 15.0 Å². The third-order valence-electron chi connectivity index (χ3n) is 12.1. The number of aromatic nitrogens is 3. The molecular weight excluding hydrogens is 679 g/mol. The molecule has 0 aliphatic heterocycles. The Labute approximate surface area is 328 Å². The van der Waals surface area contributed by atoms with E-state index in [-0.39, 0.29) is 11.8 Å². The lowest BCUT2D eigenvalue weighted by Gasteiger charge is -2.32. The Bertz CT molecular complexity index is 2820. The normalized spacial score (nSPS) is 15.6. The van der Waals surface area contributed by atoms with Crippen molar-refractivity contribution in [3.05, 3.63) is 206 Å². The monoisotopic (exact) mass is 721 g/mol. The zero-order chi connectivity index (χ0) is 38.2. The van der Waals surface area contributed by atoms with E-state index in [1.807, 2.05) is 0 Å². The van der Waals surface area contributed by atoms with Gasteiger partial charge in [0.2, 0.25) is 0 Å². The number of fused-ring (bicyclic) bond motifs is 4. The molecule has 3 nitrogen and oxygen atoms in total. The van der Waals surface area contributed by atoms with E-state index in [0.717, 1.165) is 16.7 Å². The van der Waals surface area contributed by atoms with Gasteiger partial charge < -0.3 is 0 Å². The molecule has 56 heavy (non-hydrogen) atoms. The molecule has 0 N–H and O–H groups in total. The molecule has 1 heterocycles. The maximum absolute atomic E-state index is 5.37. The summed E-state index contributed by atoms with van der Waals surface area (Å²) in [5, 5.41) is 5.10. The first kappa shape index (κ1) is 34.1. The Morgan fingerprint density at radius 1 is 0.393 bits per heavy atom. The third-order valence-corrected chi connectivity index (χ3v) is 12.1. The molecule has 2 atom stereocenters. The topological polar surface area (TPSA) is 38.7 Å². The van der Waals surface area contributed by atoms with Gasteiger partial charge in [0.1, 0.15) is 0 Å². The summed E-state index contributed by atoms with van der Waals surface area (Å²) < 4.78 is 0. The second-order valence-electron chi connectivity index (χ2n) is 15.9. The lowest BCUT2D eigenvalue weighted by Crippen LogP contribution is -2.38. The van der Waals surface area contributed by atoms with Crippen LogP contribution in [-0.2, 0) is 0 Å². The van der Waals surface area contributed by atoms with Crippen LogP contribution in [0.5, 0.6) is 0 Å². The average molecular weight is 722 g/mol. The Hall–Kier alpha value is -6.45. The molecule has 0 saturated heterocycles. The minimum absolute atomic E-state index is 0.136. The first-order chi connectivity index (χ1) is 27.3. The molecule has 0 saturated carbocycles. The highest BCUT2D eigenvalue weighted by Gasteiger charge is 2.42. The van der Waals surface area contributed by atoms with Gasteiger partial charge in [-0.2, -0.15) is 0 Å². The molecule has 7 aromatic carbocycles. The standard InChI is InChI=1S/C53H43N3/c1-30-26-32(3)44(33(4)27-30)52-54-51(55-53(56-52)45-34(5)28-31(2)29-35(45)6)41-24-25-43-48-40(41)22-15-23-42(48)49-46(36-16-9-7-10-17-36)38-20-13-14-21-39(38)47(50(43)49)37-18-11-8-12-19-37/h7-29,49-50H,1-6H3. The zero-order valence-corrected chi connectivity index (χ0v) is 32.8. The van der Waals surface area contributed by atoms with Gasteiger partial charge in [0, 0.05) is 28.5 Å². The zero-order valence-electron chi connectivity index (χ0n) is 32.8. The van der Waals surface area contributed by atoms with Crippen LogP contribution in [0, 0.1) is 41.5 Å². The van der Waals surface area contributed by atoms with Crippen molar-refractivity contribution in [2.45, 2.75) is 53.4 Å². The Kier molecular flexibility index (Phi) is 7.97. The highest BCUT2D eigenvalue weighted by molar-refractivity contribution is 6.05. The number of aryl methyl sites for hydroxylation is 6. The SMILES string of the molecule is Cc1cc(C)c(-c2nc(-c3c(C)cc(C)cc3C)nc(-c3ccc4c5c(cccc35)C3C(c5ccccc5)=c5ccccc5=C(c5ccccc5)C43)n2)c(C)c1. The molecule has 2 unspecified atom stereocenters. The molecule has 3 heteroatoms. The second kappa shape index (κ2) is 13.1. The van der Waals surface area contributed by atoms with Crippen LogP contribution >= 0.6 is 0 Å². The van der Waals surface area contributed by atoms with E-state index in [1.165, 1.54) is 88.0 Å². The maximum atomic E-state index is 5.37. The molecular formula is C53H43N3. The molecule has 1 aromatic heterocycles. The van der Waals surface area contributed by atoms with Crippen molar-refractivity contribution in [2.75, 3.05) is 0 Å². The molecule has 2 aliphatic rings. The van der Waals surface area contributed by atoms with Crippen molar-refractivity contribution in [1.82, 2.24) is 15.0 Å². The first-order valence-electron chi connectivity index (χ1n) is 19.7. The van der Waals surface area contributed by atoms with Crippen molar-refractivity contribution in [3.8, 4) is 34.2 Å². The van der Waals surface area contributed by atoms with Gasteiger partial charge in [0.15, 0.2) is 17.5 Å². The predicted molar refractivity (Wildman–Crippen MR) is 231 cm³/mol. The van der Waals surface area contributed by atoms with E-state index in [2.05, 4.69) is 181 Å². The largest absolute Gasteiger partial charge is 0.208 e. The molecule has 0 fully saturated rings. The Morgan fingerprint density at radius 3 is 1.30 bits per heavy atom. The summed E-state index contributed by atoms with van der Waals surface area (Å²) in [5.74, 6) is 2.40. The van der Waals surface area contributed by atoms with Crippen molar-refractivity contribution in [3.63, 3.8) is 0 Å². The number of benzene rings is 7. The van der Waals surface area contributed by atoms with Crippen LogP contribution in [-0.4, -0.2) is 15.0 Å². The highest BCUT2D eigenvalue weighted by Crippen LogP contribution is 2.57.